The second-order valence-electron chi connectivity index (χ2n) is 1.12. The Balaban J connectivity index is 3.42. The van der Waals surface area contributed by atoms with E-state index in [0.29, 0.717) is 0 Å². The lowest BCUT2D eigenvalue weighted by molar-refractivity contribution is 0.301. The van der Waals surface area contributed by atoms with Gasteiger partial charge in [-0.1, -0.05) is 0 Å². The first-order valence-corrected chi connectivity index (χ1v) is 3.39. The highest BCUT2D eigenvalue weighted by atomic mass is 32.2. The average Bonchev–Trinajstić information content (AvgIpc) is 1.59. The van der Waals surface area contributed by atoms with Crippen molar-refractivity contribution in [3.05, 3.63) is 0 Å². The van der Waals surface area contributed by atoms with E-state index in [9.17, 15) is 8.42 Å². The Morgan fingerprint density at radius 2 is 2.12 bits per heavy atom. The van der Waals surface area contributed by atoms with Crippen molar-refractivity contribution >= 4 is 10.2 Å². The van der Waals surface area contributed by atoms with Crippen LogP contribution in [-0.2, 0) is 10.2 Å². The van der Waals surface area contributed by atoms with Crippen LogP contribution in [0, 0.1) is 0 Å². The second-order valence-corrected chi connectivity index (χ2v) is 2.42. The highest BCUT2D eigenvalue weighted by Crippen LogP contribution is 1.66. The van der Waals surface area contributed by atoms with Gasteiger partial charge in [0.2, 0.25) is 0 Å². The maximum Gasteiger partial charge on any atom is 0.290 e. The lowest BCUT2D eigenvalue weighted by Crippen LogP contribution is -2.26. The average molecular weight is 139 g/mol. The first-order chi connectivity index (χ1) is 3.56. The van der Waals surface area contributed by atoms with Crippen LogP contribution in [0.2, 0.25) is 0 Å². The number of aliphatic hydroxyl groups excluding tert-OH is 1. The van der Waals surface area contributed by atoms with E-state index in [4.69, 9.17) is 10.2 Å². The van der Waals surface area contributed by atoms with Crippen LogP contribution < -0.4 is 9.86 Å². The minimum Gasteiger partial charge on any atom is -0.395 e. The molecule has 6 heteroatoms. The molecular weight excluding hydrogens is 132 g/mol. The van der Waals surface area contributed by atoms with E-state index in [-0.39, 0.29) is 13.2 Å². The van der Waals surface area contributed by atoms with Crippen LogP contribution in [-0.4, -0.2) is 26.7 Å². The summed E-state index contributed by atoms with van der Waals surface area (Å²) in [5.74, 6) is 0. The molecule has 8 heavy (non-hydrogen) atoms. The Morgan fingerprint density at radius 1 is 1.62 bits per heavy atom. The zero-order valence-corrected chi connectivity index (χ0v) is 4.90. The van der Waals surface area contributed by atoms with Gasteiger partial charge in [-0.05, 0) is 0 Å². The largest absolute Gasteiger partial charge is 0.395 e. The Kier molecular flexibility index (Phi) is 2.91. The molecule has 0 saturated carbocycles. The molecule has 0 aromatic rings. The van der Waals surface area contributed by atoms with Gasteiger partial charge in [0.05, 0.1) is 6.61 Å². The number of nitrogens with one attached hydrogen (secondary N) is 2. The van der Waals surface area contributed by atoms with Gasteiger partial charge in [0.15, 0.2) is 0 Å². The number of hydrogen-bond donors (Lipinski definition) is 2. The van der Waals surface area contributed by atoms with Gasteiger partial charge in [-0.25, -0.2) is 0 Å². The standard InChI is InChI=1S/C2H7N2O3S/c3-8(6,7)4-1-2-5/h3-5H,1-2H2. The van der Waals surface area contributed by atoms with E-state index in [2.05, 4.69) is 0 Å². The molecule has 0 heterocycles. The third-order valence-corrected chi connectivity index (χ3v) is 0.988. The van der Waals surface area contributed by atoms with E-state index >= 15 is 0 Å². The summed E-state index contributed by atoms with van der Waals surface area (Å²) in [7, 11) is -3.85. The molecule has 0 amide bonds. The van der Waals surface area contributed by atoms with Crippen LogP contribution in [0.3, 0.4) is 0 Å². The SMILES string of the molecule is [NH]S(=O)(=O)NCCO. The van der Waals surface area contributed by atoms with Crippen LogP contribution in [0.25, 0.3) is 0 Å². The summed E-state index contributed by atoms with van der Waals surface area (Å²) in [6.07, 6.45) is 0. The molecule has 1 radical (unpaired) electrons. The van der Waals surface area contributed by atoms with E-state index in [1.165, 1.54) is 0 Å². The molecule has 0 unspecified atom stereocenters. The molecule has 0 aliphatic carbocycles. The van der Waals surface area contributed by atoms with Crippen LogP contribution in [0.1, 0.15) is 0 Å². The summed E-state index contributed by atoms with van der Waals surface area (Å²) >= 11 is 0. The molecule has 3 N–H and O–H groups in total. The molecule has 0 aliphatic heterocycles. The predicted octanol–water partition coefficient (Wildman–Crippen LogP) is -1.90. The fourth-order valence-corrected chi connectivity index (χ4v) is 0.540. The van der Waals surface area contributed by atoms with Crippen LogP contribution >= 0.6 is 0 Å². The van der Waals surface area contributed by atoms with E-state index < -0.39 is 10.2 Å². The topological polar surface area (TPSA) is 90.2 Å². The molecule has 49 valence electrons. The summed E-state index contributed by atoms with van der Waals surface area (Å²) in [4.78, 5) is 0. The second kappa shape index (κ2) is 2.98. The molecule has 5 nitrogen and oxygen atoms in total. The molecule has 0 bridgehead atoms. The fraction of sp³-hybridized carbons (Fsp3) is 1.00. The molecular formula is C2H7N2O3S. The first kappa shape index (κ1) is 7.83. The number of rotatable bonds is 3. The van der Waals surface area contributed by atoms with Gasteiger partial charge in [0.25, 0.3) is 10.2 Å². The molecule has 0 aliphatic rings. The van der Waals surface area contributed by atoms with Gasteiger partial charge in [0, 0.05) is 6.54 Å². The minimum absolute atomic E-state index is 0.0914. The van der Waals surface area contributed by atoms with Crippen LogP contribution in [0.15, 0.2) is 0 Å². The molecule has 0 fully saturated rings. The maximum atomic E-state index is 9.83. The van der Waals surface area contributed by atoms with Gasteiger partial charge in [-0.3, -0.25) is 0 Å². The van der Waals surface area contributed by atoms with Crippen molar-refractivity contribution in [3.63, 3.8) is 0 Å². The van der Waals surface area contributed by atoms with Crippen LogP contribution in [0.4, 0.5) is 0 Å². The molecule has 0 saturated heterocycles. The third-order valence-electron chi connectivity index (χ3n) is 0.404. The van der Waals surface area contributed by atoms with E-state index in [1.807, 2.05) is 0 Å². The van der Waals surface area contributed by atoms with E-state index in [1.54, 1.807) is 4.72 Å². The van der Waals surface area contributed by atoms with Gasteiger partial charge >= 0.3 is 0 Å². The lowest BCUT2D eigenvalue weighted by atomic mass is 10.8. The van der Waals surface area contributed by atoms with Crippen molar-refractivity contribution in [2.24, 2.45) is 0 Å². The number of hydrogen-bond acceptors (Lipinski definition) is 3. The van der Waals surface area contributed by atoms with Crippen molar-refractivity contribution in [3.8, 4) is 0 Å². The zero-order chi connectivity index (χ0) is 6.62. The Bertz CT molecular complexity index is 139. The Hall–Kier alpha value is -0.170. The molecule has 0 aromatic heterocycles. The Morgan fingerprint density at radius 3 is 2.25 bits per heavy atom. The highest BCUT2D eigenvalue weighted by molar-refractivity contribution is 7.86. The quantitative estimate of drug-likeness (QED) is 0.478. The van der Waals surface area contributed by atoms with Crippen molar-refractivity contribution in [1.82, 2.24) is 9.86 Å². The monoisotopic (exact) mass is 139 g/mol. The summed E-state index contributed by atoms with van der Waals surface area (Å²) < 4.78 is 21.4. The van der Waals surface area contributed by atoms with Crippen LogP contribution in [0.5, 0.6) is 0 Å². The molecule has 0 atom stereocenters. The third kappa shape index (κ3) is 5.83. The summed E-state index contributed by atoms with van der Waals surface area (Å²) in [6, 6.07) is 0. The fourth-order valence-electron chi connectivity index (χ4n) is 0.180. The Labute approximate surface area is 47.7 Å². The summed E-state index contributed by atoms with van der Waals surface area (Å²) in [5, 5.41) is 14.2. The normalized spacial score (nSPS) is 11.8. The zero-order valence-electron chi connectivity index (χ0n) is 4.09. The minimum atomic E-state index is -3.85. The molecule has 0 spiro atoms. The number of aliphatic hydroxyl groups is 1. The van der Waals surface area contributed by atoms with Crippen molar-refractivity contribution < 1.29 is 13.5 Å². The summed E-state index contributed by atoms with van der Waals surface area (Å²) in [5.41, 5.74) is 0. The maximum absolute atomic E-state index is 9.83. The van der Waals surface area contributed by atoms with Gasteiger partial charge in [0.1, 0.15) is 0 Å². The lowest BCUT2D eigenvalue weighted by Gasteiger charge is -1.93. The van der Waals surface area contributed by atoms with E-state index in [0.717, 1.165) is 0 Å². The highest BCUT2D eigenvalue weighted by Gasteiger charge is 1.97. The van der Waals surface area contributed by atoms with Crippen molar-refractivity contribution in [2.45, 2.75) is 0 Å². The predicted molar refractivity (Wildman–Crippen MR) is 27.1 cm³/mol. The van der Waals surface area contributed by atoms with Crippen molar-refractivity contribution in [1.29, 1.82) is 0 Å². The molecule has 0 aromatic carbocycles. The smallest absolute Gasteiger partial charge is 0.290 e. The van der Waals surface area contributed by atoms with Gasteiger partial charge in [-0.2, -0.15) is 13.1 Å². The van der Waals surface area contributed by atoms with Gasteiger partial charge < -0.3 is 5.11 Å². The summed E-state index contributed by atoms with van der Waals surface area (Å²) in [6.45, 7) is -0.371. The molecule has 0 rings (SSSR count). The van der Waals surface area contributed by atoms with Crippen molar-refractivity contribution in [2.75, 3.05) is 13.2 Å². The first-order valence-electron chi connectivity index (χ1n) is 1.91. The van der Waals surface area contributed by atoms with Gasteiger partial charge in [-0.15, -0.1) is 5.14 Å².